The van der Waals surface area contributed by atoms with Crippen LogP contribution in [0.4, 0.5) is 4.79 Å². The molecule has 1 atom stereocenters. The number of ether oxygens (including phenoxy) is 2. The van der Waals surface area contributed by atoms with Crippen molar-refractivity contribution in [2.24, 2.45) is 0 Å². The van der Waals surface area contributed by atoms with Gasteiger partial charge >= 0.3 is 12.1 Å². The van der Waals surface area contributed by atoms with Crippen LogP contribution in [0.25, 0.3) is 0 Å². The molecule has 1 unspecified atom stereocenters. The van der Waals surface area contributed by atoms with E-state index in [1.165, 1.54) is 6.92 Å². The predicted octanol–water partition coefficient (Wildman–Crippen LogP) is 1.28. The first-order valence-corrected chi connectivity index (χ1v) is 9.65. The summed E-state index contributed by atoms with van der Waals surface area (Å²) in [5, 5.41) is 7.06. The molecule has 0 spiro atoms. The van der Waals surface area contributed by atoms with E-state index in [4.69, 9.17) is 9.47 Å². The van der Waals surface area contributed by atoms with Crippen molar-refractivity contribution in [3.63, 3.8) is 0 Å². The summed E-state index contributed by atoms with van der Waals surface area (Å²) in [7, 11) is 0. The van der Waals surface area contributed by atoms with Crippen molar-refractivity contribution in [1.29, 1.82) is 0 Å². The Balaban J connectivity index is 1.58. The molecule has 9 heteroatoms. The fourth-order valence-electron chi connectivity index (χ4n) is 2.37. The molecule has 0 saturated carbocycles. The first kappa shape index (κ1) is 23.4. The van der Waals surface area contributed by atoms with Gasteiger partial charge in [-0.3, -0.25) is 9.59 Å². The summed E-state index contributed by atoms with van der Waals surface area (Å²) in [6.45, 7) is 0.959. The Labute approximate surface area is 180 Å². The topological polar surface area (TPSA) is 123 Å². The second kappa shape index (κ2) is 12.6. The molecular formula is C22H25N3O6. The molecule has 0 fully saturated rings. The number of hydrogen-bond donors (Lipinski definition) is 3. The lowest BCUT2D eigenvalue weighted by Gasteiger charge is -2.14. The van der Waals surface area contributed by atoms with E-state index < -0.39 is 29.9 Å². The van der Waals surface area contributed by atoms with Crippen LogP contribution in [0.2, 0.25) is 0 Å². The van der Waals surface area contributed by atoms with Gasteiger partial charge in [-0.1, -0.05) is 60.7 Å². The maximum absolute atomic E-state index is 11.9. The zero-order chi connectivity index (χ0) is 22.5. The number of nitrogens with one attached hydrogen (secondary N) is 3. The maximum Gasteiger partial charge on any atom is 0.407 e. The van der Waals surface area contributed by atoms with Gasteiger partial charge in [0.1, 0.15) is 25.8 Å². The van der Waals surface area contributed by atoms with Gasteiger partial charge in [-0.15, -0.1) is 0 Å². The fourth-order valence-corrected chi connectivity index (χ4v) is 2.37. The highest BCUT2D eigenvalue weighted by Gasteiger charge is 2.17. The molecule has 0 aliphatic rings. The van der Waals surface area contributed by atoms with E-state index in [1.54, 1.807) is 12.1 Å². The summed E-state index contributed by atoms with van der Waals surface area (Å²) >= 11 is 0. The molecule has 3 amide bonds. The quantitative estimate of drug-likeness (QED) is 0.491. The lowest BCUT2D eigenvalue weighted by Crippen LogP contribution is -2.46. The average Bonchev–Trinajstić information content (AvgIpc) is 2.79. The summed E-state index contributed by atoms with van der Waals surface area (Å²) < 4.78 is 10.1. The molecule has 0 saturated heterocycles. The van der Waals surface area contributed by atoms with Crippen LogP contribution >= 0.6 is 0 Å². The molecule has 3 N–H and O–H groups in total. The number of esters is 1. The molecular weight excluding hydrogens is 402 g/mol. The second-order valence-electron chi connectivity index (χ2n) is 6.57. The number of amides is 3. The van der Waals surface area contributed by atoms with Crippen LogP contribution in [0.1, 0.15) is 18.1 Å². The van der Waals surface area contributed by atoms with Gasteiger partial charge in [-0.05, 0) is 18.1 Å². The molecule has 2 rings (SSSR count). The zero-order valence-electron chi connectivity index (χ0n) is 17.1. The SMILES string of the molecule is CC(NC(=O)CNC(=O)CNC(=O)OCc1ccccc1)C(=O)OCc1ccccc1. The van der Waals surface area contributed by atoms with E-state index in [1.807, 2.05) is 48.5 Å². The standard InChI is InChI=1S/C22H25N3O6/c1-16(21(28)30-14-17-8-4-2-5-9-17)25-20(27)13-23-19(26)12-24-22(29)31-15-18-10-6-3-7-11-18/h2-11,16H,12-15H2,1H3,(H,23,26)(H,24,29)(H,25,27). The van der Waals surface area contributed by atoms with E-state index in [2.05, 4.69) is 16.0 Å². The lowest BCUT2D eigenvalue weighted by atomic mass is 10.2. The zero-order valence-corrected chi connectivity index (χ0v) is 17.1. The molecule has 2 aromatic carbocycles. The van der Waals surface area contributed by atoms with Crippen LogP contribution in [-0.4, -0.2) is 43.0 Å². The molecule has 0 bridgehead atoms. The molecule has 0 aliphatic carbocycles. The van der Waals surface area contributed by atoms with Crippen molar-refractivity contribution in [3.8, 4) is 0 Å². The van der Waals surface area contributed by atoms with Crippen LogP contribution < -0.4 is 16.0 Å². The van der Waals surface area contributed by atoms with Crippen LogP contribution in [0.3, 0.4) is 0 Å². The van der Waals surface area contributed by atoms with Gasteiger partial charge in [0, 0.05) is 0 Å². The van der Waals surface area contributed by atoms with Crippen LogP contribution in [0.15, 0.2) is 60.7 Å². The Kier molecular flexibility index (Phi) is 9.54. The third-order valence-electron chi connectivity index (χ3n) is 4.01. The first-order valence-electron chi connectivity index (χ1n) is 9.65. The molecule has 9 nitrogen and oxygen atoms in total. The van der Waals surface area contributed by atoms with Gasteiger partial charge in [0.25, 0.3) is 0 Å². The molecule has 0 aliphatic heterocycles. The average molecular weight is 427 g/mol. The van der Waals surface area contributed by atoms with Crippen molar-refractivity contribution >= 4 is 23.9 Å². The first-order chi connectivity index (χ1) is 14.9. The highest BCUT2D eigenvalue weighted by atomic mass is 16.5. The van der Waals surface area contributed by atoms with Crippen molar-refractivity contribution < 1.29 is 28.7 Å². The maximum atomic E-state index is 11.9. The Morgan fingerprint density at radius 2 is 1.26 bits per heavy atom. The highest BCUT2D eigenvalue weighted by Crippen LogP contribution is 2.02. The third-order valence-corrected chi connectivity index (χ3v) is 4.01. The molecule has 164 valence electrons. The van der Waals surface area contributed by atoms with E-state index >= 15 is 0 Å². The Bertz CT molecular complexity index is 873. The van der Waals surface area contributed by atoms with Crippen LogP contribution in [0.5, 0.6) is 0 Å². The van der Waals surface area contributed by atoms with Crippen LogP contribution in [0, 0.1) is 0 Å². The van der Waals surface area contributed by atoms with Gasteiger partial charge in [-0.2, -0.15) is 0 Å². The molecule has 0 heterocycles. The summed E-state index contributed by atoms with van der Waals surface area (Å²) in [6.07, 6.45) is -0.752. The number of rotatable bonds is 10. The minimum Gasteiger partial charge on any atom is -0.459 e. The highest BCUT2D eigenvalue weighted by molar-refractivity contribution is 5.89. The number of carbonyl (C=O) groups is 4. The summed E-state index contributed by atoms with van der Waals surface area (Å²) in [4.78, 5) is 47.2. The fraction of sp³-hybridized carbons (Fsp3) is 0.273. The van der Waals surface area contributed by atoms with Crippen molar-refractivity contribution in [2.75, 3.05) is 13.1 Å². The van der Waals surface area contributed by atoms with Gasteiger partial charge in [-0.25, -0.2) is 9.59 Å². The number of hydrogen-bond acceptors (Lipinski definition) is 6. The normalized spacial score (nSPS) is 11.0. The van der Waals surface area contributed by atoms with E-state index in [9.17, 15) is 19.2 Å². The monoisotopic (exact) mass is 427 g/mol. The van der Waals surface area contributed by atoms with Crippen molar-refractivity contribution in [3.05, 3.63) is 71.8 Å². The molecule has 2 aromatic rings. The van der Waals surface area contributed by atoms with E-state index in [0.717, 1.165) is 11.1 Å². The molecule has 0 radical (unpaired) electrons. The van der Waals surface area contributed by atoms with E-state index in [-0.39, 0.29) is 26.3 Å². The third kappa shape index (κ3) is 9.44. The number of alkyl carbamates (subject to hydrolysis) is 1. The summed E-state index contributed by atoms with van der Waals surface area (Å²) in [6, 6.07) is 17.4. The molecule has 0 aromatic heterocycles. The van der Waals surface area contributed by atoms with Crippen molar-refractivity contribution in [2.45, 2.75) is 26.2 Å². The van der Waals surface area contributed by atoms with Gasteiger partial charge in [0.05, 0.1) is 6.54 Å². The Hall–Kier alpha value is -3.88. The van der Waals surface area contributed by atoms with Crippen LogP contribution in [-0.2, 0) is 37.1 Å². The van der Waals surface area contributed by atoms with Gasteiger partial charge < -0.3 is 25.4 Å². The summed E-state index contributed by atoms with van der Waals surface area (Å²) in [5.41, 5.74) is 1.65. The minimum atomic E-state index is -0.876. The van der Waals surface area contributed by atoms with Crippen molar-refractivity contribution in [1.82, 2.24) is 16.0 Å². The smallest absolute Gasteiger partial charge is 0.407 e. The predicted molar refractivity (Wildman–Crippen MR) is 111 cm³/mol. The molecule has 31 heavy (non-hydrogen) atoms. The minimum absolute atomic E-state index is 0.0783. The lowest BCUT2D eigenvalue weighted by molar-refractivity contribution is -0.148. The van der Waals surface area contributed by atoms with E-state index in [0.29, 0.717) is 0 Å². The second-order valence-corrected chi connectivity index (χ2v) is 6.57. The van der Waals surface area contributed by atoms with Gasteiger partial charge in [0.2, 0.25) is 11.8 Å². The number of benzene rings is 2. The van der Waals surface area contributed by atoms with Gasteiger partial charge in [0.15, 0.2) is 0 Å². The summed E-state index contributed by atoms with van der Waals surface area (Å²) in [5.74, 6) is -1.73. The largest absolute Gasteiger partial charge is 0.459 e. The number of carbonyl (C=O) groups excluding carboxylic acids is 4. The Morgan fingerprint density at radius 1 is 0.742 bits per heavy atom. The Morgan fingerprint density at radius 3 is 1.84 bits per heavy atom.